The van der Waals surface area contributed by atoms with Gasteiger partial charge >= 0.3 is 0 Å². The Hall–Kier alpha value is -1.31. The molecular weight excluding hydrogens is 288 g/mol. The smallest absolute Gasteiger partial charge is 0.240 e. The zero-order valence-corrected chi connectivity index (χ0v) is 12.8. The van der Waals surface area contributed by atoms with Gasteiger partial charge in [0.2, 0.25) is 10.0 Å². The van der Waals surface area contributed by atoms with Crippen molar-refractivity contribution in [1.82, 2.24) is 4.90 Å². The molecule has 116 valence electrons. The van der Waals surface area contributed by atoms with Crippen molar-refractivity contribution in [2.24, 2.45) is 5.14 Å². The van der Waals surface area contributed by atoms with E-state index in [1.807, 2.05) is 0 Å². The number of nitrogens with one attached hydrogen (secondary N) is 1. The largest absolute Gasteiger partial charge is 0.399 e. The molecular formula is C14H22N4O2S. The summed E-state index contributed by atoms with van der Waals surface area (Å²) in [5.41, 5.74) is 6.63. The van der Waals surface area contributed by atoms with E-state index in [4.69, 9.17) is 10.9 Å². The SMILES string of the molecule is Nc1ccc(NC2CCN3CCCC3C2)c(S(N)(=O)=O)c1. The van der Waals surface area contributed by atoms with E-state index < -0.39 is 10.0 Å². The van der Waals surface area contributed by atoms with Crippen molar-refractivity contribution in [1.29, 1.82) is 0 Å². The highest BCUT2D eigenvalue weighted by atomic mass is 32.2. The minimum Gasteiger partial charge on any atom is -0.399 e. The van der Waals surface area contributed by atoms with Gasteiger partial charge in [0.05, 0.1) is 5.69 Å². The molecule has 2 unspecified atom stereocenters. The highest BCUT2D eigenvalue weighted by Crippen LogP contribution is 2.30. The molecule has 0 amide bonds. The summed E-state index contributed by atoms with van der Waals surface area (Å²) in [4.78, 5) is 2.61. The average molecular weight is 310 g/mol. The maximum absolute atomic E-state index is 11.7. The standard InChI is InChI=1S/C14H22N4O2S/c15-10-3-4-13(14(8-10)21(16,19)20)17-11-5-7-18-6-1-2-12(18)9-11/h3-4,8,11-12,17H,1-2,5-7,9,15H2,(H2,16,19,20). The molecule has 0 aliphatic carbocycles. The molecule has 2 atom stereocenters. The van der Waals surface area contributed by atoms with Crippen molar-refractivity contribution in [3.63, 3.8) is 0 Å². The Morgan fingerprint density at radius 2 is 2.05 bits per heavy atom. The number of nitrogen functional groups attached to an aromatic ring is 1. The average Bonchev–Trinajstić information content (AvgIpc) is 2.87. The maximum atomic E-state index is 11.7. The highest BCUT2D eigenvalue weighted by Gasteiger charge is 2.32. The fourth-order valence-electron chi connectivity index (χ4n) is 3.47. The summed E-state index contributed by atoms with van der Waals surface area (Å²) in [6.45, 7) is 2.27. The second-order valence-electron chi connectivity index (χ2n) is 6.00. The first-order valence-corrected chi connectivity index (χ1v) is 8.91. The first kappa shape index (κ1) is 14.6. The fourth-order valence-corrected chi connectivity index (χ4v) is 4.20. The van der Waals surface area contributed by atoms with Crippen LogP contribution in [-0.2, 0) is 10.0 Å². The monoisotopic (exact) mass is 310 g/mol. The van der Waals surface area contributed by atoms with Gasteiger partial charge in [-0.2, -0.15) is 0 Å². The number of primary sulfonamides is 1. The minimum absolute atomic E-state index is 0.0800. The summed E-state index contributed by atoms with van der Waals surface area (Å²) in [6.07, 6.45) is 4.57. The lowest BCUT2D eigenvalue weighted by Crippen LogP contribution is -2.42. The Morgan fingerprint density at radius 1 is 1.24 bits per heavy atom. The number of hydrogen-bond donors (Lipinski definition) is 3. The van der Waals surface area contributed by atoms with E-state index in [9.17, 15) is 8.42 Å². The molecule has 0 bridgehead atoms. The van der Waals surface area contributed by atoms with E-state index >= 15 is 0 Å². The lowest BCUT2D eigenvalue weighted by molar-refractivity contribution is 0.188. The van der Waals surface area contributed by atoms with Crippen molar-refractivity contribution in [2.75, 3.05) is 24.1 Å². The van der Waals surface area contributed by atoms with Gasteiger partial charge in [-0.1, -0.05) is 0 Å². The van der Waals surface area contributed by atoms with Crippen LogP contribution in [0.5, 0.6) is 0 Å². The first-order chi connectivity index (χ1) is 9.93. The van der Waals surface area contributed by atoms with Gasteiger partial charge in [-0.15, -0.1) is 0 Å². The van der Waals surface area contributed by atoms with Gasteiger partial charge in [-0.05, 0) is 50.4 Å². The molecule has 2 saturated heterocycles. The molecule has 0 saturated carbocycles. The summed E-state index contributed by atoms with van der Waals surface area (Å²) in [5, 5.41) is 8.64. The summed E-state index contributed by atoms with van der Waals surface area (Å²) >= 11 is 0. The van der Waals surface area contributed by atoms with Gasteiger partial charge in [0.25, 0.3) is 0 Å². The summed E-state index contributed by atoms with van der Waals surface area (Å²) in [7, 11) is -3.78. The third-order valence-corrected chi connectivity index (χ3v) is 5.44. The van der Waals surface area contributed by atoms with Crippen LogP contribution in [-0.4, -0.2) is 38.5 Å². The Bertz CT molecular complexity index is 632. The van der Waals surface area contributed by atoms with Crippen LogP contribution in [0.3, 0.4) is 0 Å². The van der Waals surface area contributed by atoms with Gasteiger partial charge in [0.15, 0.2) is 0 Å². The Kier molecular flexibility index (Phi) is 3.81. The van der Waals surface area contributed by atoms with Crippen molar-refractivity contribution in [3.8, 4) is 0 Å². The molecule has 2 aliphatic rings. The molecule has 2 heterocycles. The number of nitrogens with two attached hydrogens (primary N) is 2. The molecule has 2 aliphatic heterocycles. The van der Waals surface area contributed by atoms with E-state index in [2.05, 4.69) is 10.2 Å². The highest BCUT2D eigenvalue weighted by molar-refractivity contribution is 7.89. The summed E-state index contributed by atoms with van der Waals surface area (Å²) in [5.74, 6) is 0. The molecule has 5 N–H and O–H groups in total. The number of nitrogens with zero attached hydrogens (tertiary/aromatic N) is 1. The van der Waals surface area contributed by atoms with E-state index in [-0.39, 0.29) is 10.9 Å². The van der Waals surface area contributed by atoms with Crippen molar-refractivity contribution in [3.05, 3.63) is 18.2 Å². The van der Waals surface area contributed by atoms with Gasteiger partial charge in [0, 0.05) is 24.3 Å². The molecule has 1 aromatic rings. The molecule has 7 heteroatoms. The molecule has 0 aromatic heterocycles. The van der Waals surface area contributed by atoms with E-state index in [1.165, 1.54) is 25.5 Å². The van der Waals surface area contributed by atoms with Gasteiger partial charge in [-0.25, -0.2) is 13.6 Å². The van der Waals surface area contributed by atoms with E-state index in [1.54, 1.807) is 12.1 Å². The molecule has 21 heavy (non-hydrogen) atoms. The fraction of sp³-hybridized carbons (Fsp3) is 0.571. The number of benzene rings is 1. The summed E-state index contributed by atoms with van der Waals surface area (Å²) in [6, 6.07) is 5.73. The lowest BCUT2D eigenvalue weighted by Gasteiger charge is -2.35. The number of fused-ring (bicyclic) bond motifs is 1. The van der Waals surface area contributed by atoms with Crippen molar-refractivity contribution in [2.45, 2.75) is 42.7 Å². The molecule has 1 aromatic carbocycles. The Labute approximate surface area is 125 Å². The van der Waals surface area contributed by atoms with Gasteiger partial charge in [-0.3, -0.25) is 0 Å². The quantitative estimate of drug-likeness (QED) is 0.722. The van der Waals surface area contributed by atoms with E-state index in [0.29, 0.717) is 17.4 Å². The Balaban J connectivity index is 1.79. The minimum atomic E-state index is -3.78. The molecule has 2 fully saturated rings. The zero-order chi connectivity index (χ0) is 15.0. The number of anilines is 2. The van der Waals surface area contributed by atoms with Crippen molar-refractivity contribution >= 4 is 21.4 Å². The van der Waals surface area contributed by atoms with Crippen LogP contribution in [0, 0.1) is 0 Å². The maximum Gasteiger partial charge on any atom is 0.240 e. The predicted molar refractivity (Wildman–Crippen MR) is 83.5 cm³/mol. The second kappa shape index (κ2) is 5.47. The lowest BCUT2D eigenvalue weighted by atomic mass is 9.97. The second-order valence-corrected chi connectivity index (χ2v) is 7.53. The number of rotatable bonds is 3. The van der Waals surface area contributed by atoms with Crippen LogP contribution in [0.15, 0.2) is 23.1 Å². The van der Waals surface area contributed by atoms with E-state index in [0.717, 1.165) is 19.4 Å². The van der Waals surface area contributed by atoms with Gasteiger partial charge < -0.3 is 16.0 Å². The third kappa shape index (κ3) is 3.14. The van der Waals surface area contributed by atoms with Crippen LogP contribution in [0.25, 0.3) is 0 Å². The third-order valence-electron chi connectivity index (χ3n) is 4.49. The topological polar surface area (TPSA) is 101 Å². The number of hydrogen-bond acceptors (Lipinski definition) is 5. The van der Waals surface area contributed by atoms with Gasteiger partial charge in [0.1, 0.15) is 4.90 Å². The van der Waals surface area contributed by atoms with Crippen molar-refractivity contribution < 1.29 is 8.42 Å². The number of sulfonamides is 1. The van der Waals surface area contributed by atoms with Crippen LogP contribution < -0.4 is 16.2 Å². The predicted octanol–water partition coefficient (Wildman–Crippen LogP) is 0.955. The molecule has 6 nitrogen and oxygen atoms in total. The Morgan fingerprint density at radius 3 is 2.81 bits per heavy atom. The van der Waals surface area contributed by atoms with Crippen LogP contribution in [0.4, 0.5) is 11.4 Å². The first-order valence-electron chi connectivity index (χ1n) is 7.36. The molecule has 3 rings (SSSR count). The molecule has 0 spiro atoms. The number of piperidine rings is 1. The van der Waals surface area contributed by atoms with Crippen LogP contribution in [0.2, 0.25) is 0 Å². The summed E-state index contributed by atoms with van der Waals surface area (Å²) < 4.78 is 23.4. The van der Waals surface area contributed by atoms with Crippen LogP contribution >= 0.6 is 0 Å². The normalized spacial score (nSPS) is 26.5. The molecule has 0 radical (unpaired) electrons. The van der Waals surface area contributed by atoms with Crippen LogP contribution in [0.1, 0.15) is 25.7 Å². The zero-order valence-electron chi connectivity index (χ0n) is 12.0.